The molecule has 2 aromatic rings. The number of nitrogens with zero attached hydrogens (tertiary/aromatic N) is 2. The number of hydrogen-bond acceptors (Lipinski definition) is 2. The maximum absolute atomic E-state index is 4.46. The summed E-state index contributed by atoms with van der Waals surface area (Å²) < 4.78 is 0. The van der Waals surface area contributed by atoms with Crippen LogP contribution in [0.4, 0.5) is 11.4 Å². The summed E-state index contributed by atoms with van der Waals surface area (Å²) in [5.41, 5.74) is 4.65. The number of halogens is 1. The molecule has 0 aliphatic carbocycles. The van der Waals surface area contributed by atoms with Crippen molar-refractivity contribution in [3.05, 3.63) is 78.0 Å². The molecule has 0 spiro atoms. The summed E-state index contributed by atoms with van der Waals surface area (Å²) in [5, 5.41) is 0. The lowest BCUT2D eigenvalue weighted by molar-refractivity contribution is 0.973. The molecule has 0 atom stereocenters. The first-order valence-electron chi connectivity index (χ1n) is 7.22. The van der Waals surface area contributed by atoms with E-state index in [1.54, 1.807) is 0 Å². The van der Waals surface area contributed by atoms with Crippen LogP contribution in [0, 0.1) is 0 Å². The topological polar surface area (TPSA) is 15.6 Å². The molecule has 3 heteroatoms. The average molecular weight is 402 g/mol. The number of rotatable bonds is 3. The van der Waals surface area contributed by atoms with Crippen molar-refractivity contribution in [1.82, 2.24) is 0 Å². The van der Waals surface area contributed by atoms with Gasteiger partial charge in [-0.15, -0.1) is 24.0 Å². The van der Waals surface area contributed by atoms with Gasteiger partial charge in [-0.3, -0.25) is 4.99 Å². The lowest BCUT2D eigenvalue weighted by Crippen LogP contribution is -2.23. The Morgan fingerprint density at radius 3 is 2.45 bits per heavy atom. The number of anilines is 1. The van der Waals surface area contributed by atoms with Crippen LogP contribution in [0.1, 0.15) is 12.5 Å². The smallest absolute Gasteiger partial charge is 0.0629 e. The molecule has 1 aliphatic rings. The van der Waals surface area contributed by atoms with E-state index in [-0.39, 0.29) is 24.0 Å². The molecular formula is C19H19IN2. The van der Waals surface area contributed by atoms with Crippen LogP contribution in [-0.2, 0) is 0 Å². The predicted molar refractivity (Wildman–Crippen MR) is 107 cm³/mol. The van der Waals surface area contributed by atoms with Crippen molar-refractivity contribution in [2.45, 2.75) is 6.92 Å². The molecule has 0 saturated carbocycles. The maximum atomic E-state index is 4.46. The van der Waals surface area contributed by atoms with Crippen molar-refractivity contribution in [3.63, 3.8) is 0 Å². The molecule has 3 rings (SSSR count). The Hall–Kier alpha value is -1.88. The molecule has 0 N–H and O–H groups in total. The van der Waals surface area contributed by atoms with Crippen LogP contribution >= 0.6 is 24.0 Å². The molecule has 0 amide bonds. The number of para-hydroxylation sites is 2. The normalized spacial score (nSPS) is 15.0. The highest BCUT2D eigenvalue weighted by Crippen LogP contribution is 2.30. The van der Waals surface area contributed by atoms with Crippen LogP contribution in [-0.4, -0.2) is 12.8 Å². The van der Waals surface area contributed by atoms with Gasteiger partial charge >= 0.3 is 0 Å². The highest BCUT2D eigenvalue weighted by molar-refractivity contribution is 14.0. The van der Waals surface area contributed by atoms with Gasteiger partial charge in [0.25, 0.3) is 0 Å². The first-order valence-corrected chi connectivity index (χ1v) is 7.22. The zero-order valence-electron chi connectivity index (χ0n) is 12.5. The van der Waals surface area contributed by atoms with Crippen LogP contribution in [0.2, 0.25) is 0 Å². The van der Waals surface area contributed by atoms with E-state index in [4.69, 9.17) is 0 Å². The molecule has 0 unspecified atom stereocenters. The van der Waals surface area contributed by atoms with E-state index in [0.717, 1.165) is 17.9 Å². The summed E-state index contributed by atoms with van der Waals surface area (Å²) in [5.74, 6) is 0. The molecule has 22 heavy (non-hydrogen) atoms. The predicted octanol–water partition coefficient (Wildman–Crippen LogP) is 5.44. The second kappa shape index (κ2) is 7.94. The lowest BCUT2D eigenvalue weighted by atomic mass is 10.1. The molecule has 112 valence electrons. The van der Waals surface area contributed by atoms with Gasteiger partial charge in [-0.2, -0.15) is 0 Å². The zero-order chi connectivity index (χ0) is 14.5. The Bertz CT molecular complexity index is 702. The summed E-state index contributed by atoms with van der Waals surface area (Å²) in [6.45, 7) is 3.10. The summed E-state index contributed by atoms with van der Waals surface area (Å²) in [6, 6.07) is 18.4. The van der Waals surface area contributed by atoms with Gasteiger partial charge in [-0.1, -0.05) is 42.5 Å². The average Bonchev–Trinajstić information content (AvgIpc) is 2.55. The fourth-order valence-corrected chi connectivity index (χ4v) is 2.49. The Morgan fingerprint density at radius 1 is 0.955 bits per heavy atom. The van der Waals surface area contributed by atoms with Crippen LogP contribution < -0.4 is 4.90 Å². The fraction of sp³-hybridized carbons (Fsp3) is 0.105. The minimum absolute atomic E-state index is 0. The molecule has 0 fully saturated rings. The van der Waals surface area contributed by atoms with Crippen LogP contribution in [0.5, 0.6) is 0 Å². The van der Waals surface area contributed by atoms with Gasteiger partial charge in [0.2, 0.25) is 0 Å². The number of aliphatic imine (C=N–C) groups is 1. The third kappa shape index (κ3) is 3.65. The van der Waals surface area contributed by atoms with E-state index in [0.29, 0.717) is 0 Å². The van der Waals surface area contributed by atoms with Crippen molar-refractivity contribution in [1.29, 1.82) is 0 Å². The van der Waals surface area contributed by atoms with E-state index in [1.807, 2.05) is 36.5 Å². The quantitative estimate of drug-likeness (QED) is 0.493. The number of benzene rings is 2. The molecule has 0 saturated heterocycles. The number of likely N-dealkylation sites (N-methyl/N-ethyl adjacent to an activating group) is 1. The Labute approximate surface area is 148 Å². The fourth-order valence-electron chi connectivity index (χ4n) is 2.49. The van der Waals surface area contributed by atoms with E-state index in [9.17, 15) is 0 Å². The van der Waals surface area contributed by atoms with Crippen molar-refractivity contribution in [3.8, 4) is 0 Å². The minimum atomic E-state index is 0. The summed E-state index contributed by atoms with van der Waals surface area (Å²) in [6.07, 6.45) is 8.22. The molecule has 0 aromatic heterocycles. The van der Waals surface area contributed by atoms with Crippen LogP contribution in [0.15, 0.2) is 77.4 Å². The summed E-state index contributed by atoms with van der Waals surface area (Å²) in [7, 11) is 0. The Kier molecular flexibility index (Phi) is 5.95. The summed E-state index contributed by atoms with van der Waals surface area (Å²) in [4.78, 5) is 6.76. The van der Waals surface area contributed by atoms with Crippen molar-refractivity contribution >= 4 is 47.6 Å². The van der Waals surface area contributed by atoms with Gasteiger partial charge in [0.1, 0.15) is 0 Å². The monoisotopic (exact) mass is 402 g/mol. The first-order chi connectivity index (χ1) is 10.4. The third-order valence-corrected chi connectivity index (χ3v) is 3.51. The first kappa shape index (κ1) is 16.5. The van der Waals surface area contributed by atoms with Crippen LogP contribution in [0.3, 0.4) is 0 Å². The van der Waals surface area contributed by atoms with Gasteiger partial charge in [-0.25, -0.2) is 0 Å². The SMILES string of the molecule is CCN1/C(=C/C=Nc2ccccc2)C=Cc2ccccc21.I. The lowest BCUT2D eigenvalue weighted by Gasteiger charge is -2.29. The van der Waals surface area contributed by atoms with Crippen molar-refractivity contribution < 1.29 is 0 Å². The maximum Gasteiger partial charge on any atom is 0.0629 e. The molecule has 0 bridgehead atoms. The number of fused-ring (bicyclic) bond motifs is 1. The Balaban J connectivity index is 0.00000176. The van der Waals surface area contributed by atoms with E-state index in [2.05, 4.69) is 59.3 Å². The van der Waals surface area contributed by atoms with E-state index < -0.39 is 0 Å². The second-order valence-corrected chi connectivity index (χ2v) is 4.84. The van der Waals surface area contributed by atoms with Crippen molar-refractivity contribution in [2.75, 3.05) is 11.4 Å². The standard InChI is InChI=1S/C19H18N2.HI/c1-2-21-18(13-12-16-8-6-7-11-19(16)21)14-15-20-17-9-4-3-5-10-17;/h3-15H,2H2,1H3;1H/b18-14+,20-15?;. The molecule has 2 nitrogen and oxygen atoms in total. The zero-order valence-corrected chi connectivity index (χ0v) is 14.8. The summed E-state index contributed by atoms with van der Waals surface area (Å²) >= 11 is 0. The minimum Gasteiger partial charge on any atom is -0.341 e. The second-order valence-electron chi connectivity index (χ2n) is 4.84. The van der Waals surface area contributed by atoms with Gasteiger partial charge in [0.05, 0.1) is 5.69 Å². The molecule has 1 aliphatic heterocycles. The van der Waals surface area contributed by atoms with Gasteiger partial charge in [-0.05, 0) is 42.8 Å². The molecule has 0 radical (unpaired) electrons. The van der Waals surface area contributed by atoms with Crippen molar-refractivity contribution in [2.24, 2.45) is 4.99 Å². The van der Waals surface area contributed by atoms with Crippen LogP contribution in [0.25, 0.3) is 6.08 Å². The third-order valence-electron chi connectivity index (χ3n) is 3.51. The molecular weight excluding hydrogens is 383 g/mol. The molecule has 2 aromatic carbocycles. The van der Waals surface area contributed by atoms with Gasteiger partial charge < -0.3 is 4.90 Å². The van der Waals surface area contributed by atoms with E-state index >= 15 is 0 Å². The van der Waals surface area contributed by atoms with Gasteiger partial charge in [0.15, 0.2) is 0 Å². The Morgan fingerprint density at radius 2 is 1.68 bits per heavy atom. The highest BCUT2D eigenvalue weighted by atomic mass is 127. The largest absolute Gasteiger partial charge is 0.341 e. The molecule has 1 heterocycles. The van der Waals surface area contributed by atoms with E-state index in [1.165, 1.54) is 11.3 Å². The number of allylic oxidation sites excluding steroid dienone is 2. The number of hydrogen-bond donors (Lipinski definition) is 0. The van der Waals surface area contributed by atoms with Gasteiger partial charge in [0, 0.05) is 24.1 Å². The highest BCUT2D eigenvalue weighted by Gasteiger charge is 2.14.